The second-order valence-corrected chi connectivity index (χ2v) is 8.37. The SMILES string of the molecule is CCc1cc(Nc2cc(NC(=O)c3c(Cl)cccc3Cl)ccn2)nc(NC2CCOCC2)n1. The molecule has 10 heteroatoms. The lowest BCUT2D eigenvalue weighted by Gasteiger charge is -2.23. The zero-order chi connectivity index (χ0) is 23.2. The maximum absolute atomic E-state index is 12.7. The maximum Gasteiger partial charge on any atom is 0.258 e. The van der Waals surface area contributed by atoms with Crippen LogP contribution >= 0.6 is 23.2 Å². The van der Waals surface area contributed by atoms with Gasteiger partial charge in [-0.05, 0) is 37.5 Å². The molecule has 1 fully saturated rings. The van der Waals surface area contributed by atoms with Crippen LogP contribution in [0.5, 0.6) is 0 Å². The fourth-order valence-corrected chi connectivity index (χ4v) is 4.02. The fourth-order valence-electron chi connectivity index (χ4n) is 3.45. The van der Waals surface area contributed by atoms with Crippen molar-refractivity contribution >= 4 is 52.4 Å². The van der Waals surface area contributed by atoms with Gasteiger partial charge >= 0.3 is 0 Å². The maximum atomic E-state index is 12.7. The largest absolute Gasteiger partial charge is 0.381 e. The lowest BCUT2D eigenvalue weighted by molar-refractivity contribution is 0.0903. The van der Waals surface area contributed by atoms with Crippen LogP contribution in [-0.2, 0) is 11.2 Å². The van der Waals surface area contributed by atoms with Gasteiger partial charge in [-0.1, -0.05) is 36.2 Å². The summed E-state index contributed by atoms with van der Waals surface area (Å²) in [7, 11) is 0. The molecule has 3 aromatic rings. The van der Waals surface area contributed by atoms with E-state index in [2.05, 4.69) is 30.9 Å². The molecule has 0 radical (unpaired) electrons. The Balaban J connectivity index is 1.49. The Kier molecular flexibility index (Phi) is 7.59. The van der Waals surface area contributed by atoms with Gasteiger partial charge in [-0.2, -0.15) is 4.98 Å². The fraction of sp³-hybridized carbons (Fsp3) is 0.304. The first-order valence-corrected chi connectivity index (χ1v) is 11.5. The van der Waals surface area contributed by atoms with Crippen molar-refractivity contribution in [3.63, 3.8) is 0 Å². The van der Waals surface area contributed by atoms with E-state index in [0.29, 0.717) is 23.3 Å². The molecular weight excluding hydrogens is 463 g/mol. The number of nitrogens with zero attached hydrogens (tertiary/aromatic N) is 3. The summed E-state index contributed by atoms with van der Waals surface area (Å²) >= 11 is 12.3. The Bertz CT molecular complexity index is 1120. The van der Waals surface area contributed by atoms with Crippen molar-refractivity contribution in [2.24, 2.45) is 0 Å². The van der Waals surface area contributed by atoms with Gasteiger partial charge in [0.15, 0.2) is 0 Å². The highest BCUT2D eigenvalue weighted by molar-refractivity contribution is 6.40. The predicted molar refractivity (Wildman–Crippen MR) is 131 cm³/mol. The van der Waals surface area contributed by atoms with E-state index >= 15 is 0 Å². The summed E-state index contributed by atoms with van der Waals surface area (Å²) in [6, 6.07) is 10.5. The topological polar surface area (TPSA) is 101 Å². The number of pyridine rings is 1. The zero-order valence-corrected chi connectivity index (χ0v) is 19.6. The molecule has 3 heterocycles. The summed E-state index contributed by atoms with van der Waals surface area (Å²) in [4.78, 5) is 26.2. The highest BCUT2D eigenvalue weighted by Crippen LogP contribution is 2.26. The molecule has 172 valence electrons. The van der Waals surface area contributed by atoms with Gasteiger partial charge in [0.25, 0.3) is 5.91 Å². The minimum Gasteiger partial charge on any atom is -0.381 e. The molecule has 1 saturated heterocycles. The number of aromatic nitrogens is 3. The van der Waals surface area contributed by atoms with Gasteiger partial charge < -0.3 is 20.7 Å². The van der Waals surface area contributed by atoms with Crippen molar-refractivity contribution in [2.45, 2.75) is 32.2 Å². The molecule has 0 atom stereocenters. The van der Waals surface area contributed by atoms with Gasteiger partial charge in [-0.3, -0.25) is 4.79 Å². The van der Waals surface area contributed by atoms with E-state index < -0.39 is 5.91 Å². The van der Waals surface area contributed by atoms with E-state index in [-0.39, 0.29) is 21.7 Å². The van der Waals surface area contributed by atoms with Gasteiger partial charge in [0.1, 0.15) is 11.6 Å². The van der Waals surface area contributed by atoms with Crippen molar-refractivity contribution in [3.8, 4) is 0 Å². The molecule has 1 aliphatic heterocycles. The van der Waals surface area contributed by atoms with Gasteiger partial charge in [0.2, 0.25) is 5.95 Å². The molecule has 33 heavy (non-hydrogen) atoms. The minimum atomic E-state index is -0.402. The van der Waals surface area contributed by atoms with E-state index in [4.69, 9.17) is 27.9 Å². The van der Waals surface area contributed by atoms with Crippen LogP contribution in [0.1, 0.15) is 35.8 Å². The lowest BCUT2D eigenvalue weighted by Crippen LogP contribution is -2.28. The molecule has 0 spiro atoms. The quantitative estimate of drug-likeness (QED) is 0.414. The molecule has 2 aromatic heterocycles. The number of benzene rings is 1. The average Bonchev–Trinajstić information content (AvgIpc) is 2.79. The summed E-state index contributed by atoms with van der Waals surface area (Å²) in [5.41, 5.74) is 1.66. The first-order valence-electron chi connectivity index (χ1n) is 10.7. The summed E-state index contributed by atoms with van der Waals surface area (Å²) < 4.78 is 5.42. The van der Waals surface area contributed by atoms with Crippen LogP contribution in [0.3, 0.4) is 0 Å². The number of hydrogen-bond acceptors (Lipinski definition) is 7. The van der Waals surface area contributed by atoms with Gasteiger partial charge in [0, 0.05) is 49.0 Å². The van der Waals surface area contributed by atoms with Crippen molar-refractivity contribution < 1.29 is 9.53 Å². The first-order chi connectivity index (χ1) is 16.0. The molecular formula is C23H24Cl2N6O2. The van der Waals surface area contributed by atoms with E-state index in [9.17, 15) is 4.79 Å². The van der Waals surface area contributed by atoms with Crippen molar-refractivity contribution in [3.05, 3.63) is 63.9 Å². The Morgan fingerprint density at radius 1 is 1.09 bits per heavy atom. The van der Waals surface area contributed by atoms with Crippen LogP contribution in [0.2, 0.25) is 10.0 Å². The molecule has 8 nitrogen and oxygen atoms in total. The Morgan fingerprint density at radius 2 is 1.85 bits per heavy atom. The number of aryl methyl sites for hydroxylation is 1. The molecule has 1 aromatic carbocycles. The lowest BCUT2D eigenvalue weighted by atomic mass is 10.1. The highest BCUT2D eigenvalue weighted by atomic mass is 35.5. The minimum absolute atomic E-state index is 0.222. The smallest absolute Gasteiger partial charge is 0.258 e. The number of nitrogens with one attached hydrogen (secondary N) is 3. The van der Waals surface area contributed by atoms with Gasteiger partial charge in [-0.25, -0.2) is 9.97 Å². The second-order valence-electron chi connectivity index (χ2n) is 7.56. The highest BCUT2D eigenvalue weighted by Gasteiger charge is 2.17. The summed E-state index contributed by atoms with van der Waals surface area (Å²) in [6.45, 7) is 3.51. The number of carbonyl (C=O) groups excluding carboxylic acids is 1. The molecule has 0 unspecified atom stereocenters. The Morgan fingerprint density at radius 3 is 2.58 bits per heavy atom. The summed E-state index contributed by atoms with van der Waals surface area (Å²) in [5, 5.41) is 9.98. The Labute approximate surface area is 202 Å². The first kappa shape index (κ1) is 23.2. The van der Waals surface area contributed by atoms with E-state index in [1.165, 1.54) is 0 Å². The number of ether oxygens (including phenoxy) is 1. The summed E-state index contributed by atoms with van der Waals surface area (Å²) in [6.07, 6.45) is 4.19. The molecule has 1 aliphatic rings. The number of carbonyl (C=O) groups is 1. The molecule has 0 bridgehead atoms. The average molecular weight is 487 g/mol. The zero-order valence-electron chi connectivity index (χ0n) is 18.1. The van der Waals surface area contributed by atoms with Crippen LogP contribution in [0, 0.1) is 0 Å². The molecule has 0 saturated carbocycles. The van der Waals surface area contributed by atoms with Crippen molar-refractivity contribution in [2.75, 3.05) is 29.2 Å². The normalized spacial score (nSPS) is 14.0. The van der Waals surface area contributed by atoms with Crippen LogP contribution in [0.4, 0.5) is 23.3 Å². The summed E-state index contributed by atoms with van der Waals surface area (Å²) in [5.74, 6) is 1.31. The van der Waals surface area contributed by atoms with E-state index in [1.54, 1.807) is 36.5 Å². The molecule has 4 rings (SSSR count). The Hall–Kier alpha value is -2.94. The number of hydrogen-bond donors (Lipinski definition) is 3. The van der Waals surface area contributed by atoms with Crippen molar-refractivity contribution in [1.29, 1.82) is 0 Å². The third-order valence-corrected chi connectivity index (χ3v) is 5.79. The number of amides is 1. The predicted octanol–water partition coefficient (Wildman–Crippen LogP) is 5.33. The number of anilines is 4. The molecule has 0 aliphatic carbocycles. The molecule has 1 amide bonds. The number of rotatable bonds is 7. The third kappa shape index (κ3) is 6.10. The molecule has 3 N–H and O–H groups in total. The van der Waals surface area contributed by atoms with Crippen LogP contribution in [0.15, 0.2) is 42.6 Å². The van der Waals surface area contributed by atoms with E-state index in [0.717, 1.165) is 38.2 Å². The number of halogens is 2. The van der Waals surface area contributed by atoms with Crippen molar-refractivity contribution in [1.82, 2.24) is 15.0 Å². The standard InChI is InChI=1S/C23H24Cl2N6O2/c1-2-14-12-20(31-23(28-14)29-15-7-10-33-11-8-15)30-19-13-16(6-9-26-19)27-22(32)21-17(24)4-3-5-18(21)25/h3-6,9,12-13,15H,2,7-8,10-11H2,1H3,(H3,26,27,28,29,30,31,32). The van der Waals surface area contributed by atoms with Crippen LogP contribution in [-0.4, -0.2) is 40.1 Å². The monoisotopic (exact) mass is 486 g/mol. The van der Waals surface area contributed by atoms with Gasteiger partial charge in [0.05, 0.1) is 15.6 Å². The second kappa shape index (κ2) is 10.8. The van der Waals surface area contributed by atoms with E-state index in [1.807, 2.05) is 13.0 Å². The van der Waals surface area contributed by atoms with Crippen LogP contribution < -0.4 is 16.0 Å². The van der Waals surface area contributed by atoms with Crippen LogP contribution in [0.25, 0.3) is 0 Å². The third-order valence-electron chi connectivity index (χ3n) is 5.16. The van der Waals surface area contributed by atoms with Gasteiger partial charge in [-0.15, -0.1) is 0 Å².